The third-order valence-electron chi connectivity index (χ3n) is 2.51. The monoisotopic (exact) mass is 240 g/mol. The number of aldehydes is 1. The van der Waals surface area contributed by atoms with E-state index in [0.717, 1.165) is 0 Å². The van der Waals surface area contributed by atoms with Gasteiger partial charge in [0, 0.05) is 0 Å². The van der Waals surface area contributed by atoms with Gasteiger partial charge in [-0.1, -0.05) is 24.3 Å². The summed E-state index contributed by atoms with van der Waals surface area (Å²) in [6.45, 7) is 1.45. The van der Waals surface area contributed by atoms with Crippen LogP contribution in [0.3, 0.4) is 0 Å². The number of benzene rings is 2. The number of ether oxygens (including phenoxy) is 1. The van der Waals surface area contributed by atoms with Crippen LogP contribution in [0.4, 0.5) is 0 Å². The highest BCUT2D eigenvalue weighted by atomic mass is 16.5. The molecule has 0 aliphatic rings. The van der Waals surface area contributed by atoms with E-state index < -0.39 is 0 Å². The average Bonchev–Trinajstić information content (AvgIpc) is 2.40. The summed E-state index contributed by atoms with van der Waals surface area (Å²) in [5, 5.41) is 0. The molecule has 0 bridgehead atoms. The van der Waals surface area contributed by atoms with Crippen molar-refractivity contribution in [3.63, 3.8) is 0 Å². The van der Waals surface area contributed by atoms with Gasteiger partial charge in [0.2, 0.25) is 0 Å². The molecule has 0 aromatic heterocycles. The number of ketones is 1. The first-order valence-electron chi connectivity index (χ1n) is 5.54. The maximum Gasteiger partial charge on any atom is 0.163 e. The molecule has 90 valence electrons. The summed E-state index contributed by atoms with van der Waals surface area (Å²) >= 11 is 0. The molecule has 2 rings (SSSR count). The highest BCUT2D eigenvalue weighted by molar-refractivity contribution is 5.99. The lowest BCUT2D eigenvalue weighted by Crippen LogP contribution is -2.00. The van der Waals surface area contributed by atoms with Gasteiger partial charge in [0.25, 0.3) is 0 Å². The Morgan fingerprint density at radius 1 is 1.06 bits per heavy atom. The minimum absolute atomic E-state index is 0.135. The molecule has 0 aliphatic carbocycles. The van der Waals surface area contributed by atoms with Crippen molar-refractivity contribution in [1.82, 2.24) is 0 Å². The highest BCUT2D eigenvalue weighted by Crippen LogP contribution is 2.28. The Kier molecular flexibility index (Phi) is 3.53. The molecule has 0 saturated carbocycles. The van der Waals surface area contributed by atoms with Crippen LogP contribution in [0.25, 0.3) is 0 Å². The number of carbonyl (C=O) groups is 2. The van der Waals surface area contributed by atoms with E-state index in [1.165, 1.54) is 6.92 Å². The Morgan fingerprint density at radius 3 is 2.39 bits per heavy atom. The van der Waals surface area contributed by atoms with Crippen LogP contribution < -0.4 is 4.74 Å². The Bertz CT molecular complexity index is 574. The van der Waals surface area contributed by atoms with E-state index in [1.807, 2.05) is 18.2 Å². The maximum atomic E-state index is 11.5. The molecule has 3 heteroatoms. The van der Waals surface area contributed by atoms with Crippen LogP contribution in [0.2, 0.25) is 0 Å². The van der Waals surface area contributed by atoms with Gasteiger partial charge in [0.1, 0.15) is 11.5 Å². The quantitative estimate of drug-likeness (QED) is 0.606. The molecule has 0 amide bonds. The Morgan fingerprint density at radius 2 is 1.78 bits per heavy atom. The molecule has 0 fully saturated rings. The first-order valence-corrected chi connectivity index (χ1v) is 5.54. The van der Waals surface area contributed by atoms with Crippen molar-refractivity contribution in [2.24, 2.45) is 0 Å². The molecule has 0 radical (unpaired) electrons. The third kappa shape index (κ3) is 2.46. The minimum atomic E-state index is -0.135. The first kappa shape index (κ1) is 12.0. The first-order chi connectivity index (χ1) is 8.72. The fraction of sp³-hybridized carbons (Fsp3) is 0.0667. The van der Waals surface area contributed by atoms with Gasteiger partial charge in [0.15, 0.2) is 12.1 Å². The molecule has 18 heavy (non-hydrogen) atoms. The largest absolute Gasteiger partial charge is 0.456 e. The van der Waals surface area contributed by atoms with Crippen LogP contribution in [-0.4, -0.2) is 12.1 Å². The number of carbonyl (C=O) groups excluding carboxylic acids is 2. The molecular weight excluding hydrogens is 228 g/mol. The standard InChI is InChI=1S/C15H12O3/c1-11(17)14-9-5-6-12(10-16)15(14)18-13-7-3-2-4-8-13/h2-10H,1H3. The van der Waals surface area contributed by atoms with Gasteiger partial charge in [-0.05, 0) is 31.2 Å². The number of para-hydroxylation sites is 2. The number of hydrogen-bond donors (Lipinski definition) is 0. The van der Waals surface area contributed by atoms with Crippen molar-refractivity contribution in [2.75, 3.05) is 0 Å². The molecule has 0 aliphatic heterocycles. The SMILES string of the molecule is CC(=O)c1cccc(C=O)c1Oc1ccccc1. The summed E-state index contributed by atoms with van der Waals surface area (Å²) < 4.78 is 5.64. The van der Waals surface area contributed by atoms with E-state index >= 15 is 0 Å². The summed E-state index contributed by atoms with van der Waals surface area (Å²) in [7, 11) is 0. The number of Topliss-reactive ketones (excluding diaryl/α,β-unsaturated/α-hetero) is 1. The van der Waals surface area contributed by atoms with Crippen LogP contribution in [0.5, 0.6) is 11.5 Å². The summed E-state index contributed by atoms with van der Waals surface area (Å²) in [5.41, 5.74) is 0.773. The van der Waals surface area contributed by atoms with Crippen LogP contribution in [0.1, 0.15) is 27.6 Å². The normalized spacial score (nSPS) is 9.83. The highest BCUT2D eigenvalue weighted by Gasteiger charge is 2.13. The lowest BCUT2D eigenvalue weighted by Gasteiger charge is -2.11. The summed E-state index contributed by atoms with van der Waals surface area (Å²) in [4.78, 5) is 22.5. The predicted molar refractivity (Wildman–Crippen MR) is 68.4 cm³/mol. The smallest absolute Gasteiger partial charge is 0.163 e. The molecule has 0 atom stereocenters. The second-order valence-electron chi connectivity index (χ2n) is 3.81. The lowest BCUT2D eigenvalue weighted by molar-refractivity contribution is 0.101. The van der Waals surface area contributed by atoms with Gasteiger partial charge >= 0.3 is 0 Å². The molecule has 0 heterocycles. The topological polar surface area (TPSA) is 43.4 Å². The van der Waals surface area contributed by atoms with Gasteiger partial charge in [-0.15, -0.1) is 0 Å². The molecule has 2 aromatic carbocycles. The molecule has 0 N–H and O–H groups in total. The summed E-state index contributed by atoms with van der Waals surface area (Å²) in [5.74, 6) is 0.769. The lowest BCUT2D eigenvalue weighted by atomic mass is 10.1. The van der Waals surface area contributed by atoms with E-state index in [-0.39, 0.29) is 5.78 Å². The zero-order valence-corrected chi connectivity index (χ0v) is 9.92. The fourth-order valence-electron chi connectivity index (χ4n) is 1.65. The third-order valence-corrected chi connectivity index (χ3v) is 2.51. The van der Waals surface area contributed by atoms with Crippen molar-refractivity contribution < 1.29 is 14.3 Å². The van der Waals surface area contributed by atoms with Crippen molar-refractivity contribution in [3.8, 4) is 11.5 Å². The van der Waals surface area contributed by atoms with Crippen LogP contribution >= 0.6 is 0 Å². The van der Waals surface area contributed by atoms with Gasteiger partial charge in [-0.2, -0.15) is 0 Å². The maximum absolute atomic E-state index is 11.5. The predicted octanol–water partition coefficient (Wildman–Crippen LogP) is 3.49. The molecule has 2 aromatic rings. The van der Waals surface area contributed by atoms with Gasteiger partial charge in [-0.25, -0.2) is 0 Å². The summed E-state index contributed by atoms with van der Waals surface area (Å²) in [6.07, 6.45) is 0.685. The van der Waals surface area contributed by atoms with E-state index in [0.29, 0.717) is 28.9 Å². The van der Waals surface area contributed by atoms with E-state index in [2.05, 4.69) is 0 Å². The van der Waals surface area contributed by atoms with E-state index in [4.69, 9.17) is 4.74 Å². The number of rotatable bonds is 4. The second kappa shape index (κ2) is 5.27. The van der Waals surface area contributed by atoms with Gasteiger partial charge in [0.05, 0.1) is 11.1 Å². The molecule has 0 unspecified atom stereocenters. The molecule has 3 nitrogen and oxygen atoms in total. The van der Waals surface area contributed by atoms with Crippen molar-refractivity contribution >= 4 is 12.1 Å². The molecule has 0 spiro atoms. The minimum Gasteiger partial charge on any atom is -0.456 e. The summed E-state index contributed by atoms with van der Waals surface area (Å²) in [6, 6.07) is 14.0. The van der Waals surface area contributed by atoms with Crippen molar-refractivity contribution in [2.45, 2.75) is 6.92 Å². The van der Waals surface area contributed by atoms with Crippen molar-refractivity contribution in [3.05, 3.63) is 59.7 Å². The second-order valence-corrected chi connectivity index (χ2v) is 3.81. The van der Waals surface area contributed by atoms with E-state index in [1.54, 1.807) is 30.3 Å². The van der Waals surface area contributed by atoms with Crippen LogP contribution in [0.15, 0.2) is 48.5 Å². The Balaban J connectivity index is 2.48. The Hall–Kier alpha value is -2.42. The van der Waals surface area contributed by atoms with Gasteiger partial charge in [-0.3, -0.25) is 9.59 Å². The van der Waals surface area contributed by atoms with E-state index in [9.17, 15) is 9.59 Å². The van der Waals surface area contributed by atoms with Crippen LogP contribution in [-0.2, 0) is 0 Å². The Labute approximate surface area is 105 Å². The molecule has 0 saturated heterocycles. The fourth-order valence-corrected chi connectivity index (χ4v) is 1.65. The molecular formula is C15H12O3. The van der Waals surface area contributed by atoms with Gasteiger partial charge < -0.3 is 4.74 Å². The number of hydrogen-bond acceptors (Lipinski definition) is 3. The zero-order valence-electron chi connectivity index (χ0n) is 9.92. The van der Waals surface area contributed by atoms with Crippen molar-refractivity contribution in [1.29, 1.82) is 0 Å². The average molecular weight is 240 g/mol. The zero-order chi connectivity index (χ0) is 13.0. The van der Waals surface area contributed by atoms with Crippen LogP contribution in [0, 0.1) is 0 Å².